The van der Waals surface area contributed by atoms with Crippen LogP contribution in [0.5, 0.6) is 0 Å². The molecule has 1 heterocycles. The molecule has 1 aromatic heterocycles. The first-order valence-electron chi connectivity index (χ1n) is 5.21. The van der Waals surface area contributed by atoms with E-state index in [-0.39, 0.29) is 0 Å². The summed E-state index contributed by atoms with van der Waals surface area (Å²) >= 11 is 3.33. The van der Waals surface area contributed by atoms with Crippen LogP contribution in [-0.2, 0) is 11.3 Å². The number of ether oxygens (including phenoxy) is 1. The quantitative estimate of drug-likeness (QED) is 0.941. The number of methoxy groups -OCH3 is 1. The lowest BCUT2D eigenvalue weighted by atomic mass is 10.0. The third-order valence-corrected chi connectivity index (χ3v) is 3.13. The van der Waals surface area contributed by atoms with Crippen molar-refractivity contribution >= 4 is 15.9 Å². The van der Waals surface area contributed by atoms with E-state index in [9.17, 15) is 5.11 Å². The van der Waals surface area contributed by atoms with Crippen molar-refractivity contribution in [2.45, 2.75) is 12.7 Å². The summed E-state index contributed by atoms with van der Waals surface area (Å²) in [6.07, 6.45) is 0.776. The maximum absolute atomic E-state index is 10.2. The molecule has 1 unspecified atom stereocenters. The van der Waals surface area contributed by atoms with Crippen molar-refractivity contribution < 1.29 is 14.3 Å². The van der Waals surface area contributed by atoms with Gasteiger partial charge in [-0.1, -0.05) is 24.3 Å². The zero-order valence-electron chi connectivity index (χ0n) is 9.39. The number of halogens is 1. The molecule has 1 aromatic carbocycles. The Labute approximate surface area is 108 Å². The molecule has 0 spiro atoms. The molecule has 1 N–H and O–H groups in total. The predicted molar refractivity (Wildman–Crippen MR) is 67.6 cm³/mol. The summed E-state index contributed by atoms with van der Waals surface area (Å²) in [5, 5.41) is 10.2. The van der Waals surface area contributed by atoms with Gasteiger partial charge in [0.15, 0.2) is 5.76 Å². The molecule has 0 aliphatic rings. The summed E-state index contributed by atoms with van der Waals surface area (Å²) < 4.78 is 11.1. The van der Waals surface area contributed by atoms with Crippen molar-refractivity contribution in [3.8, 4) is 0 Å². The summed E-state index contributed by atoms with van der Waals surface area (Å²) in [5.74, 6) is 0.513. The van der Waals surface area contributed by atoms with Crippen LogP contribution in [0.4, 0.5) is 0 Å². The lowest BCUT2D eigenvalue weighted by Gasteiger charge is -2.10. The molecular formula is C13H13BrO3. The minimum Gasteiger partial charge on any atom is -0.465 e. The van der Waals surface area contributed by atoms with Gasteiger partial charge >= 0.3 is 0 Å². The van der Waals surface area contributed by atoms with Crippen LogP contribution in [0.3, 0.4) is 0 Å². The second kappa shape index (κ2) is 5.49. The largest absolute Gasteiger partial charge is 0.465 e. The van der Waals surface area contributed by atoms with Crippen LogP contribution in [0.1, 0.15) is 23.0 Å². The predicted octanol–water partition coefficient (Wildman–Crippen LogP) is 3.27. The van der Waals surface area contributed by atoms with E-state index in [1.807, 2.05) is 24.3 Å². The van der Waals surface area contributed by atoms with E-state index in [4.69, 9.17) is 9.15 Å². The summed E-state index contributed by atoms with van der Waals surface area (Å²) in [4.78, 5) is 0. The molecule has 2 aromatic rings. The lowest BCUT2D eigenvalue weighted by Crippen LogP contribution is -2.00. The average molecular weight is 297 g/mol. The van der Waals surface area contributed by atoms with E-state index in [2.05, 4.69) is 15.9 Å². The van der Waals surface area contributed by atoms with Gasteiger partial charge in [-0.3, -0.25) is 0 Å². The molecule has 4 heteroatoms. The normalized spacial score (nSPS) is 12.6. The van der Waals surface area contributed by atoms with Crippen LogP contribution in [0, 0.1) is 0 Å². The first-order valence-corrected chi connectivity index (χ1v) is 6.00. The van der Waals surface area contributed by atoms with Crippen molar-refractivity contribution in [1.29, 1.82) is 0 Å². The Morgan fingerprint density at radius 2 is 2.24 bits per heavy atom. The smallest absolute Gasteiger partial charge is 0.150 e. The van der Waals surface area contributed by atoms with E-state index in [1.165, 1.54) is 0 Å². The Hall–Kier alpha value is -1.10. The van der Waals surface area contributed by atoms with Gasteiger partial charge in [0.25, 0.3) is 0 Å². The van der Waals surface area contributed by atoms with Gasteiger partial charge in [-0.15, -0.1) is 0 Å². The SMILES string of the molecule is COCc1cccc(C(O)c2occc2Br)c1. The lowest BCUT2D eigenvalue weighted by molar-refractivity contribution is 0.181. The van der Waals surface area contributed by atoms with Crippen molar-refractivity contribution in [2.75, 3.05) is 7.11 Å². The van der Waals surface area contributed by atoms with E-state index in [0.717, 1.165) is 15.6 Å². The maximum Gasteiger partial charge on any atom is 0.150 e. The molecule has 0 aliphatic heterocycles. The number of hydrogen-bond acceptors (Lipinski definition) is 3. The fourth-order valence-corrected chi connectivity index (χ4v) is 2.09. The number of furan rings is 1. The maximum atomic E-state index is 10.2. The third kappa shape index (κ3) is 2.77. The van der Waals surface area contributed by atoms with Crippen molar-refractivity contribution in [3.05, 3.63) is 58.0 Å². The van der Waals surface area contributed by atoms with E-state index >= 15 is 0 Å². The molecule has 0 fully saturated rings. The first kappa shape index (κ1) is 12.4. The minimum atomic E-state index is -0.767. The highest BCUT2D eigenvalue weighted by atomic mass is 79.9. The molecule has 0 saturated carbocycles. The molecular weight excluding hydrogens is 284 g/mol. The van der Waals surface area contributed by atoms with Gasteiger partial charge in [0, 0.05) is 7.11 Å². The van der Waals surface area contributed by atoms with Crippen LogP contribution >= 0.6 is 15.9 Å². The molecule has 90 valence electrons. The zero-order valence-corrected chi connectivity index (χ0v) is 11.0. The Kier molecular flexibility index (Phi) is 3.99. The summed E-state index contributed by atoms with van der Waals surface area (Å²) in [5.41, 5.74) is 1.81. The molecule has 2 rings (SSSR count). The van der Waals surface area contributed by atoms with Gasteiger partial charge < -0.3 is 14.3 Å². The number of aliphatic hydroxyl groups excluding tert-OH is 1. The van der Waals surface area contributed by atoms with Crippen LogP contribution < -0.4 is 0 Å². The highest BCUT2D eigenvalue weighted by Crippen LogP contribution is 2.29. The number of aliphatic hydroxyl groups is 1. The van der Waals surface area contributed by atoms with Crippen molar-refractivity contribution in [2.24, 2.45) is 0 Å². The zero-order chi connectivity index (χ0) is 12.3. The van der Waals surface area contributed by atoms with Crippen molar-refractivity contribution in [1.82, 2.24) is 0 Å². The van der Waals surface area contributed by atoms with Crippen LogP contribution in [0.25, 0.3) is 0 Å². The Balaban J connectivity index is 2.28. The number of rotatable bonds is 4. The minimum absolute atomic E-state index is 0.513. The highest BCUT2D eigenvalue weighted by Gasteiger charge is 2.17. The van der Waals surface area contributed by atoms with Gasteiger partial charge in [-0.2, -0.15) is 0 Å². The number of benzene rings is 1. The van der Waals surface area contributed by atoms with Gasteiger partial charge in [0.05, 0.1) is 17.3 Å². The molecule has 0 aliphatic carbocycles. The molecule has 0 saturated heterocycles. The monoisotopic (exact) mass is 296 g/mol. The second-order valence-electron chi connectivity index (χ2n) is 3.71. The molecule has 0 bridgehead atoms. The summed E-state index contributed by atoms with van der Waals surface area (Å²) in [6, 6.07) is 9.38. The van der Waals surface area contributed by atoms with Crippen LogP contribution in [-0.4, -0.2) is 12.2 Å². The van der Waals surface area contributed by atoms with Crippen molar-refractivity contribution in [3.63, 3.8) is 0 Å². The topological polar surface area (TPSA) is 42.6 Å². The molecule has 0 amide bonds. The molecule has 0 radical (unpaired) electrons. The second-order valence-corrected chi connectivity index (χ2v) is 4.57. The van der Waals surface area contributed by atoms with E-state index < -0.39 is 6.10 Å². The van der Waals surface area contributed by atoms with Crippen LogP contribution in [0.2, 0.25) is 0 Å². The number of hydrogen-bond donors (Lipinski definition) is 1. The summed E-state index contributed by atoms with van der Waals surface area (Å²) in [6.45, 7) is 0.528. The molecule has 1 atom stereocenters. The first-order chi connectivity index (χ1) is 8.22. The Morgan fingerprint density at radius 1 is 1.41 bits per heavy atom. The average Bonchev–Trinajstić information content (AvgIpc) is 2.75. The van der Waals surface area contributed by atoms with E-state index in [0.29, 0.717) is 12.4 Å². The van der Waals surface area contributed by atoms with Gasteiger partial charge in [-0.25, -0.2) is 0 Å². The summed E-state index contributed by atoms with van der Waals surface area (Å²) in [7, 11) is 1.65. The fourth-order valence-electron chi connectivity index (χ4n) is 1.67. The standard InChI is InChI=1S/C13H13BrO3/c1-16-8-9-3-2-4-10(7-9)12(15)13-11(14)5-6-17-13/h2-7,12,15H,8H2,1H3. The van der Waals surface area contributed by atoms with E-state index in [1.54, 1.807) is 19.4 Å². The third-order valence-electron chi connectivity index (χ3n) is 2.47. The Bertz CT molecular complexity index is 493. The molecule has 17 heavy (non-hydrogen) atoms. The van der Waals surface area contributed by atoms with Gasteiger partial charge in [-0.05, 0) is 33.1 Å². The van der Waals surface area contributed by atoms with Gasteiger partial charge in [0.2, 0.25) is 0 Å². The Morgan fingerprint density at radius 3 is 2.88 bits per heavy atom. The van der Waals surface area contributed by atoms with Gasteiger partial charge in [0.1, 0.15) is 6.10 Å². The van der Waals surface area contributed by atoms with Crippen LogP contribution in [0.15, 0.2) is 45.5 Å². The highest BCUT2D eigenvalue weighted by molar-refractivity contribution is 9.10. The molecule has 3 nitrogen and oxygen atoms in total. The fraction of sp³-hybridized carbons (Fsp3) is 0.231.